The Morgan fingerprint density at radius 1 is 1.39 bits per heavy atom. The number of rotatable bonds is 3. The molecule has 0 saturated carbocycles. The van der Waals surface area contributed by atoms with Crippen LogP contribution in [0, 0.1) is 11.8 Å². The predicted octanol–water partition coefficient (Wildman–Crippen LogP) is 4.04. The molecule has 3 nitrogen and oxygen atoms in total. The van der Waals surface area contributed by atoms with Crippen molar-refractivity contribution in [2.45, 2.75) is 38.3 Å². The van der Waals surface area contributed by atoms with Gasteiger partial charge in [-0.25, -0.2) is 0 Å². The van der Waals surface area contributed by atoms with E-state index in [1.165, 1.54) is 12.8 Å². The Hall–Kier alpha value is -1.16. The second-order valence-corrected chi connectivity index (χ2v) is 7.46. The highest BCUT2D eigenvalue weighted by Crippen LogP contribution is 2.42. The molecule has 4 heterocycles. The molecule has 2 bridgehead atoms. The fourth-order valence-corrected chi connectivity index (χ4v) is 4.75. The van der Waals surface area contributed by atoms with Crippen molar-refractivity contribution in [1.29, 1.82) is 0 Å². The van der Waals surface area contributed by atoms with Crippen LogP contribution in [0.2, 0.25) is 5.02 Å². The maximum absolute atomic E-state index is 11.1. The van der Waals surface area contributed by atoms with Crippen molar-refractivity contribution in [2.24, 2.45) is 11.8 Å². The molecule has 122 valence electrons. The molecule has 1 N–H and O–H groups in total. The molecule has 5 atom stereocenters. The van der Waals surface area contributed by atoms with Gasteiger partial charge in [-0.15, -0.1) is 0 Å². The van der Waals surface area contributed by atoms with Crippen LogP contribution < -0.4 is 0 Å². The molecule has 1 aromatic carbocycles. The molecule has 3 aliphatic rings. The molecule has 3 aliphatic heterocycles. The second kappa shape index (κ2) is 6.04. The van der Waals surface area contributed by atoms with Crippen LogP contribution in [0.25, 0.3) is 10.9 Å². The van der Waals surface area contributed by atoms with Gasteiger partial charge in [-0.1, -0.05) is 24.9 Å². The van der Waals surface area contributed by atoms with Crippen molar-refractivity contribution in [1.82, 2.24) is 9.88 Å². The van der Waals surface area contributed by atoms with Crippen LogP contribution in [0.1, 0.15) is 37.9 Å². The number of aromatic nitrogens is 1. The summed E-state index contributed by atoms with van der Waals surface area (Å²) in [7, 11) is 0. The third kappa shape index (κ3) is 2.65. The van der Waals surface area contributed by atoms with Gasteiger partial charge in [0.05, 0.1) is 11.6 Å². The summed E-state index contributed by atoms with van der Waals surface area (Å²) in [4.78, 5) is 6.90. The average molecular weight is 331 g/mol. The number of benzene rings is 1. The maximum Gasteiger partial charge on any atom is 0.0952 e. The van der Waals surface area contributed by atoms with Crippen LogP contribution >= 0.6 is 11.6 Å². The normalized spacial score (nSPS) is 31.4. The lowest BCUT2D eigenvalue weighted by atomic mass is 9.72. The molecule has 1 unspecified atom stereocenters. The summed E-state index contributed by atoms with van der Waals surface area (Å²) >= 11 is 6.16. The fraction of sp³-hybridized carbons (Fsp3) is 0.526. The van der Waals surface area contributed by atoms with Gasteiger partial charge in [0.2, 0.25) is 0 Å². The van der Waals surface area contributed by atoms with Crippen molar-refractivity contribution in [3.63, 3.8) is 0 Å². The SMILES string of the molecule is CC[C@H]1CN2CC[C@@H]1C[C@H]2[C@H](O)c1ccnc2ccc(Cl)cc12. The molecule has 0 spiro atoms. The van der Waals surface area contributed by atoms with E-state index in [0.717, 1.165) is 47.8 Å². The first-order valence-electron chi connectivity index (χ1n) is 8.63. The number of fused-ring (bicyclic) bond motifs is 4. The lowest BCUT2D eigenvalue weighted by molar-refractivity contribution is -0.0562. The van der Waals surface area contributed by atoms with Gasteiger partial charge in [0.1, 0.15) is 0 Å². The van der Waals surface area contributed by atoms with E-state index >= 15 is 0 Å². The molecule has 1 aromatic heterocycles. The number of halogens is 1. The van der Waals surface area contributed by atoms with Crippen LogP contribution in [0.3, 0.4) is 0 Å². The second-order valence-electron chi connectivity index (χ2n) is 7.02. The van der Waals surface area contributed by atoms with Crippen LogP contribution in [0.5, 0.6) is 0 Å². The van der Waals surface area contributed by atoms with Crippen molar-refractivity contribution in [3.8, 4) is 0 Å². The summed E-state index contributed by atoms with van der Waals surface area (Å²) < 4.78 is 0. The molecular weight excluding hydrogens is 308 g/mol. The molecular formula is C19H23ClN2O. The highest BCUT2D eigenvalue weighted by molar-refractivity contribution is 6.31. The van der Waals surface area contributed by atoms with Crippen LogP contribution in [0.15, 0.2) is 30.5 Å². The maximum atomic E-state index is 11.1. The number of aliphatic hydroxyl groups excluding tert-OH is 1. The fourth-order valence-electron chi connectivity index (χ4n) is 4.58. The van der Waals surface area contributed by atoms with Gasteiger partial charge in [-0.05, 0) is 61.1 Å². The van der Waals surface area contributed by atoms with E-state index in [9.17, 15) is 5.11 Å². The molecule has 5 rings (SSSR count). The third-order valence-corrected chi connectivity index (χ3v) is 6.12. The van der Waals surface area contributed by atoms with Crippen molar-refractivity contribution >= 4 is 22.5 Å². The van der Waals surface area contributed by atoms with E-state index in [0.29, 0.717) is 5.02 Å². The first kappa shape index (κ1) is 15.4. The number of nitrogens with zero attached hydrogens (tertiary/aromatic N) is 2. The summed E-state index contributed by atoms with van der Waals surface area (Å²) in [5.74, 6) is 1.57. The van der Waals surface area contributed by atoms with E-state index in [2.05, 4.69) is 16.8 Å². The number of hydrogen-bond acceptors (Lipinski definition) is 3. The molecule has 0 radical (unpaired) electrons. The van der Waals surface area contributed by atoms with Crippen LogP contribution in [-0.2, 0) is 0 Å². The van der Waals surface area contributed by atoms with Gasteiger partial charge in [0.25, 0.3) is 0 Å². The molecule has 0 amide bonds. The number of hydrogen-bond donors (Lipinski definition) is 1. The van der Waals surface area contributed by atoms with Gasteiger partial charge in [0, 0.05) is 29.2 Å². The molecule has 4 heteroatoms. The van der Waals surface area contributed by atoms with Crippen molar-refractivity contribution < 1.29 is 5.11 Å². The Balaban J connectivity index is 1.68. The molecule has 3 fully saturated rings. The van der Waals surface area contributed by atoms with Gasteiger partial charge in [-0.2, -0.15) is 0 Å². The monoisotopic (exact) mass is 330 g/mol. The summed E-state index contributed by atoms with van der Waals surface area (Å²) in [6, 6.07) is 7.87. The van der Waals surface area contributed by atoms with E-state index in [-0.39, 0.29) is 6.04 Å². The first-order chi connectivity index (χ1) is 11.2. The van der Waals surface area contributed by atoms with Gasteiger partial charge in [-0.3, -0.25) is 9.88 Å². The largest absolute Gasteiger partial charge is 0.387 e. The zero-order valence-electron chi connectivity index (χ0n) is 13.5. The smallest absolute Gasteiger partial charge is 0.0952 e. The van der Waals surface area contributed by atoms with Crippen molar-refractivity contribution in [3.05, 3.63) is 41.0 Å². The molecule has 3 saturated heterocycles. The van der Waals surface area contributed by atoms with E-state index < -0.39 is 6.10 Å². The number of pyridine rings is 1. The quantitative estimate of drug-likeness (QED) is 0.922. The van der Waals surface area contributed by atoms with Gasteiger partial charge >= 0.3 is 0 Å². The highest BCUT2D eigenvalue weighted by atomic mass is 35.5. The van der Waals surface area contributed by atoms with Gasteiger partial charge in [0.15, 0.2) is 0 Å². The minimum Gasteiger partial charge on any atom is -0.387 e. The van der Waals surface area contributed by atoms with E-state index in [1.54, 1.807) is 6.20 Å². The third-order valence-electron chi connectivity index (χ3n) is 5.88. The Morgan fingerprint density at radius 2 is 2.26 bits per heavy atom. The highest BCUT2D eigenvalue weighted by Gasteiger charge is 2.42. The summed E-state index contributed by atoms with van der Waals surface area (Å²) in [6.45, 7) is 4.54. The minimum absolute atomic E-state index is 0.223. The first-order valence-corrected chi connectivity index (χ1v) is 9.01. The zero-order valence-corrected chi connectivity index (χ0v) is 14.2. The Morgan fingerprint density at radius 3 is 3.00 bits per heavy atom. The average Bonchev–Trinajstić information content (AvgIpc) is 2.60. The predicted molar refractivity (Wildman–Crippen MR) is 93.6 cm³/mol. The van der Waals surface area contributed by atoms with E-state index in [1.807, 2.05) is 24.3 Å². The Bertz CT molecular complexity index is 720. The summed E-state index contributed by atoms with van der Waals surface area (Å²) in [5, 5.41) is 12.8. The lowest BCUT2D eigenvalue weighted by Crippen LogP contribution is -2.55. The minimum atomic E-state index is -0.473. The number of aliphatic hydroxyl groups is 1. The zero-order chi connectivity index (χ0) is 16.0. The lowest BCUT2D eigenvalue weighted by Gasteiger charge is -2.51. The van der Waals surface area contributed by atoms with Crippen LogP contribution in [-0.4, -0.2) is 34.1 Å². The Kier molecular flexibility index (Phi) is 4.04. The van der Waals surface area contributed by atoms with Crippen LogP contribution in [0.4, 0.5) is 0 Å². The van der Waals surface area contributed by atoms with Crippen molar-refractivity contribution in [2.75, 3.05) is 13.1 Å². The number of piperidine rings is 3. The standard InChI is InChI=1S/C19H23ClN2O/c1-2-12-11-22-8-6-13(12)9-18(22)19(23)15-5-7-21-17-4-3-14(20)10-16(15)17/h3-5,7,10,12-13,18-19,23H,2,6,8-9,11H2,1H3/t12-,13+,18-,19+/m0/s1. The Labute approximate surface area is 142 Å². The molecule has 23 heavy (non-hydrogen) atoms. The molecule has 2 aromatic rings. The van der Waals surface area contributed by atoms with E-state index in [4.69, 9.17) is 11.6 Å². The molecule has 0 aliphatic carbocycles. The van der Waals surface area contributed by atoms with Gasteiger partial charge < -0.3 is 5.11 Å². The summed E-state index contributed by atoms with van der Waals surface area (Å²) in [6.07, 6.45) is 4.95. The topological polar surface area (TPSA) is 36.4 Å². The summed E-state index contributed by atoms with van der Waals surface area (Å²) in [5.41, 5.74) is 1.86.